The summed E-state index contributed by atoms with van der Waals surface area (Å²) in [7, 11) is 0. The molecule has 2 aliphatic heterocycles. The highest BCUT2D eigenvalue weighted by Crippen LogP contribution is 2.59. The van der Waals surface area contributed by atoms with Crippen LogP contribution in [-0.2, 0) is 38.1 Å². The zero-order chi connectivity index (χ0) is 40.6. The van der Waals surface area contributed by atoms with E-state index < -0.39 is 72.5 Å². The Hall–Kier alpha value is -3.62. The van der Waals surface area contributed by atoms with Crippen molar-refractivity contribution in [2.45, 2.75) is 154 Å². The Morgan fingerprint density at radius 3 is 2.45 bits per heavy atom. The molecule has 2 saturated heterocycles. The van der Waals surface area contributed by atoms with Crippen LogP contribution in [0.1, 0.15) is 116 Å². The summed E-state index contributed by atoms with van der Waals surface area (Å²) in [6.07, 6.45) is 6.22. The SMILES string of the molecule is C[C@H](O)[C@@H](NC(=O)C1=C[C@H]2OCO[C@H]2[C@H](OC(=O)c2ccc(C=C3CCC4O[C@]4(C)CC[C@@H]4[C@@H]3CC4(C)C)cc2)C1)C(=O)N[C@H](CO)CCC(=O)OC(C)(C)C. The Bertz CT molecular complexity index is 1700. The average molecular weight is 781 g/mol. The number of amides is 2. The van der Waals surface area contributed by atoms with Gasteiger partial charge in [0.2, 0.25) is 11.8 Å². The molecule has 1 aromatic rings. The number of ether oxygens (including phenoxy) is 5. The molecule has 5 aliphatic rings. The molecule has 13 nitrogen and oxygen atoms in total. The highest BCUT2D eigenvalue weighted by molar-refractivity contribution is 5.97. The zero-order valence-corrected chi connectivity index (χ0v) is 33.8. The Morgan fingerprint density at radius 1 is 1.05 bits per heavy atom. The van der Waals surface area contributed by atoms with E-state index in [-0.39, 0.29) is 37.2 Å². The fourth-order valence-corrected chi connectivity index (χ4v) is 8.89. The molecule has 1 aromatic carbocycles. The van der Waals surface area contributed by atoms with Gasteiger partial charge in [-0.05, 0) is 114 Å². The molecular weight excluding hydrogens is 720 g/mol. The van der Waals surface area contributed by atoms with E-state index in [4.69, 9.17) is 23.7 Å². The van der Waals surface area contributed by atoms with Crippen LogP contribution in [0.25, 0.3) is 6.08 Å². The highest BCUT2D eigenvalue weighted by Gasteiger charge is 2.56. The van der Waals surface area contributed by atoms with Gasteiger partial charge in [-0.15, -0.1) is 0 Å². The molecule has 1 unspecified atom stereocenters. The largest absolute Gasteiger partial charge is 0.460 e. The average Bonchev–Trinajstić information content (AvgIpc) is 3.50. The van der Waals surface area contributed by atoms with Gasteiger partial charge in [0.1, 0.15) is 36.7 Å². The standard InChI is InChI=1S/C43H60N2O11/c1-24(47)36(39(50)44-29(22-46)13-15-35(48)56-41(2,3)4)45-38(49)28-19-32-37(53-23-52-32)33(20-28)54-40(51)26-10-8-25(9-11-26)18-27-12-14-34-43(7,55-34)17-16-31-30(27)21-42(31,5)6/h8-11,18-19,24,29-34,36-37,46-47H,12-17,20-23H2,1-7H3,(H,44,50)(H,45,49)/t24-,29-,30+,31+,32+,33+,34?,36+,37+,43+/m0/s1. The maximum Gasteiger partial charge on any atom is 0.338 e. The molecular formula is C43H60N2O11. The fraction of sp³-hybridized carbons (Fsp3) is 0.674. The van der Waals surface area contributed by atoms with Crippen molar-refractivity contribution in [3.63, 3.8) is 0 Å². The van der Waals surface area contributed by atoms with Crippen molar-refractivity contribution in [2.24, 2.45) is 17.3 Å². The molecule has 0 aromatic heterocycles. The van der Waals surface area contributed by atoms with Gasteiger partial charge < -0.3 is 44.5 Å². The predicted molar refractivity (Wildman–Crippen MR) is 206 cm³/mol. The van der Waals surface area contributed by atoms with E-state index in [1.807, 2.05) is 12.1 Å². The van der Waals surface area contributed by atoms with E-state index in [1.54, 1.807) is 39.0 Å². The van der Waals surface area contributed by atoms with Crippen LogP contribution in [0.4, 0.5) is 0 Å². The Balaban J connectivity index is 1.07. The molecule has 2 saturated carbocycles. The van der Waals surface area contributed by atoms with Gasteiger partial charge in [0, 0.05) is 18.4 Å². The number of allylic oxidation sites excluding steroid dienone is 1. The first-order valence-electron chi connectivity index (χ1n) is 20.1. The highest BCUT2D eigenvalue weighted by atomic mass is 16.7. The number of carbonyl (C=O) groups excluding carboxylic acids is 4. The first-order chi connectivity index (χ1) is 26.4. The number of epoxide rings is 1. The molecule has 2 heterocycles. The van der Waals surface area contributed by atoms with Gasteiger partial charge in [-0.2, -0.15) is 0 Å². The second-order valence-corrected chi connectivity index (χ2v) is 18.2. The van der Waals surface area contributed by atoms with Gasteiger partial charge in [-0.3, -0.25) is 14.4 Å². The lowest BCUT2D eigenvalue weighted by molar-refractivity contribution is -0.155. The van der Waals surface area contributed by atoms with Gasteiger partial charge >= 0.3 is 11.9 Å². The summed E-state index contributed by atoms with van der Waals surface area (Å²) in [6.45, 7) is 13.1. The van der Waals surface area contributed by atoms with Gasteiger partial charge in [-0.1, -0.05) is 37.6 Å². The van der Waals surface area contributed by atoms with Crippen molar-refractivity contribution in [1.82, 2.24) is 10.6 Å². The number of hydrogen-bond donors (Lipinski definition) is 4. The Kier molecular flexibility index (Phi) is 12.5. The summed E-state index contributed by atoms with van der Waals surface area (Å²) in [5.74, 6) is -1.27. The minimum Gasteiger partial charge on any atom is -0.460 e. The number of rotatable bonds is 12. The van der Waals surface area contributed by atoms with Crippen LogP contribution < -0.4 is 10.6 Å². The summed E-state index contributed by atoms with van der Waals surface area (Å²) in [5.41, 5.74) is 2.69. The van der Waals surface area contributed by atoms with Crippen LogP contribution in [0.3, 0.4) is 0 Å². The maximum atomic E-state index is 13.6. The van der Waals surface area contributed by atoms with Crippen LogP contribution in [-0.4, -0.2) is 101 Å². The van der Waals surface area contributed by atoms with E-state index >= 15 is 0 Å². The van der Waals surface area contributed by atoms with E-state index in [9.17, 15) is 29.4 Å². The van der Waals surface area contributed by atoms with Crippen LogP contribution in [0.2, 0.25) is 0 Å². The van der Waals surface area contributed by atoms with Crippen LogP contribution >= 0.6 is 0 Å². The van der Waals surface area contributed by atoms with Crippen molar-refractivity contribution in [2.75, 3.05) is 13.4 Å². The van der Waals surface area contributed by atoms with Crippen molar-refractivity contribution in [3.8, 4) is 0 Å². The molecule has 4 N–H and O–H groups in total. The number of hydrogen-bond acceptors (Lipinski definition) is 11. The van der Waals surface area contributed by atoms with Gasteiger partial charge in [0.15, 0.2) is 0 Å². The minimum absolute atomic E-state index is 0.0156. The maximum absolute atomic E-state index is 13.6. The summed E-state index contributed by atoms with van der Waals surface area (Å²) in [6, 6.07) is 5.17. The van der Waals surface area contributed by atoms with Crippen molar-refractivity contribution in [3.05, 3.63) is 52.6 Å². The first-order valence-corrected chi connectivity index (χ1v) is 20.1. The quantitative estimate of drug-likeness (QED) is 0.173. The zero-order valence-electron chi connectivity index (χ0n) is 33.8. The second kappa shape index (κ2) is 16.7. The van der Waals surface area contributed by atoms with Crippen LogP contribution in [0, 0.1) is 17.3 Å². The van der Waals surface area contributed by atoms with Gasteiger partial charge in [-0.25, -0.2) is 4.79 Å². The molecule has 4 fully saturated rings. The van der Waals surface area contributed by atoms with E-state index in [0.717, 1.165) is 24.8 Å². The molecule has 308 valence electrons. The van der Waals surface area contributed by atoms with Gasteiger partial charge in [0.25, 0.3) is 0 Å². The first kappa shape index (κ1) is 42.0. The lowest BCUT2D eigenvalue weighted by atomic mass is 9.52. The van der Waals surface area contributed by atoms with E-state index in [0.29, 0.717) is 28.9 Å². The molecule has 56 heavy (non-hydrogen) atoms. The van der Waals surface area contributed by atoms with Crippen LogP contribution in [0.15, 0.2) is 41.5 Å². The second-order valence-electron chi connectivity index (χ2n) is 18.2. The van der Waals surface area contributed by atoms with E-state index in [2.05, 4.69) is 37.5 Å². The number of esters is 2. The summed E-state index contributed by atoms with van der Waals surface area (Å²) < 4.78 is 28.8. The summed E-state index contributed by atoms with van der Waals surface area (Å²) >= 11 is 0. The Morgan fingerprint density at radius 2 is 1.79 bits per heavy atom. The number of nitrogens with one attached hydrogen (secondary N) is 2. The van der Waals surface area contributed by atoms with Crippen molar-refractivity contribution in [1.29, 1.82) is 0 Å². The third-order valence-electron chi connectivity index (χ3n) is 12.2. The Labute approximate surface area is 329 Å². The molecule has 3 aliphatic carbocycles. The predicted octanol–water partition coefficient (Wildman–Crippen LogP) is 4.53. The minimum atomic E-state index is -1.39. The topological polar surface area (TPSA) is 182 Å². The fourth-order valence-electron chi connectivity index (χ4n) is 8.89. The molecule has 0 radical (unpaired) electrons. The summed E-state index contributed by atoms with van der Waals surface area (Å²) in [4.78, 5) is 52.4. The number of fused-ring (bicyclic) bond motifs is 3. The smallest absolute Gasteiger partial charge is 0.338 e. The number of benzene rings is 1. The third kappa shape index (κ3) is 9.90. The number of aliphatic hydroxyl groups excluding tert-OH is 2. The molecule has 0 bridgehead atoms. The molecule has 6 rings (SSSR count). The third-order valence-corrected chi connectivity index (χ3v) is 12.2. The van der Waals surface area contributed by atoms with Gasteiger partial charge in [0.05, 0.1) is 36.0 Å². The molecule has 2 amide bonds. The lowest BCUT2D eigenvalue weighted by Gasteiger charge is -2.53. The number of carbonyl (C=O) groups is 4. The van der Waals surface area contributed by atoms with Crippen LogP contribution in [0.5, 0.6) is 0 Å². The molecule has 13 heteroatoms. The monoisotopic (exact) mass is 780 g/mol. The van der Waals surface area contributed by atoms with E-state index in [1.165, 1.54) is 25.3 Å². The summed E-state index contributed by atoms with van der Waals surface area (Å²) in [5, 5.41) is 25.5. The normalized spacial score (nSPS) is 31.6. The van der Waals surface area contributed by atoms with Crippen molar-refractivity contribution >= 4 is 29.8 Å². The van der Waals surface area contributed by atoms with Crippen molar-refractivity contribution < 1.29 is 53.1 Å². The number of aliphatic hydroxyl groups is 2. The molecule has 0 spiro atoms. The lowest BCUT2D eigenvalue weighted by Crippen LogP contribution is -2.55. The molecule has 10 atom stereocenters.